The molecule has 0 radical (unpaired) electrons. The SMILES string of the molecule is COCC(=O)N1CCN(C(=O)c2cccc(OC)c2)CC1C(=O)NC(CC(=O)O)c1cccs1. The Hall–Kier alpha value is -3.44. The molecule has 34 heavy (non-hydrogen) atoms. The maximum Gasteiger partial charge on any atom is 0.305 e. The third-order valence-corrected chi connectivity index (χ3v) is 6.44. The molecule has 11 heteroatoms. The zero-order valence-electron chi connectivity index (χ0n) is 18.9. The number of carboxylic acids is 1. The van der Waals surface area contributed by atoms with Gasteiger partial charge >= 0.3 is 5.97 Å². The number of rotatable bonds is 9. The summed E-state index contributed by atoms with van der Waals surface area (Å²) in [4.78, 5) is 54.0. The van der Waals surface area contributed by atoms with Crippen molar-refractivity contribution < 1.29 is 33.8 Å². The molecule has 0 saturated carbocycles. The minimum atomic E-state index is -1.07. The molecular formula is C23H27N3O7S. The fourth-order valence-corrected chi connectivity index (χ4v) is 4.57. The Morgan fingerprint density at radius 2 is 1.97 bits per heavy atom. The van der Waals surface area contributed by atoms with Gasteiger partial charge in [-0.05, 0) is 29.6 Å². The molecule has 1 aromatic heterocycles. The summed E-state index contributed by atoms with van der Waals surface area (Å²) in [6.07, 6.45) is -0.308. The van der Waals surface area contributed by atoms with Crippen LogP contribution >= 0.6 is 11.3 Å². The molecule has 2 heterocycles. The van der Waals surface area contributed by atoms with Gasteiger partial charge in [0, 0.05) is 30.6 Å². The van der Waals surface area contributed by atoms with E-state index in [1.807, 2.05) is 0 Å². The molecule has 1 aliphatic heterocycles. The van der Waals surface area contributed by atoms with Gasteiger partial charge in [-0.25, -0.2) is 0 Å². The summed E-state index contributed by atoms with van der Waals surface area (Å²) in [5, 5.41) is 13.9. The molecule has 3 amide bonds. The number of hydrogen-bond donors (Lipinski definition) is 2. The van der Waals surface area contributed by atoms with Crippen molar-refractivity contribution in [1.29, 1.82) is 0 Å². The van der Waals surface area contributed by atoms with E-state index in [4.69, 9.17) is 9.47 Å². The van der Waals surface area contributed by atoms with Gasteiger partial charge in [-0.15, -0.1) is 11.3 Å². The number of ether oxygens (including phenoxy) is 2. The second-order valence-corrected chi connectivity index (χ2v) is 8.67. The lowest BCUT2D eigenvalue weighted by molar-refractivity contribution is -0.146. The summed E-state index contributed by atoms with van der Waals surface area (Å²) >= 11 is 1.33. The number of amides is 3. The Bertz CT molecular complexity index is 1030. The van der Waals surface area contributed by atoms with Gasteiger partial charge in [0.05, 0.1) is 26.1 Å². The van der Waals surface area contributed by atoms with Gasteiger partial charge in [0.15, 0.2) is 0 Å². The lowest BCUT2D eigenvalue weighted by Gasteiger charge is -2.41. The van der Waals surface area contributed by atoms with Crippen molar-refractivity contribution in [3.63, 3.8) is 0 Å². The van der Waals surface area contributed by atoms with Crippen LogP contribution in [0.15, 0.2) is 41.8 Å². The van der Waals surface area contributed by atoms with Crippen molar-refractivity contribution in [1.82, 2.24) is 15.1 Å². The van der Waals surface area contributed by atoms with Gasteiger partial charge in [-0.2, -0.15) is 0 Å². The molecule has 1 fully saturated rings. The molecule has 3 rings (SSSR count). The van der Waals surface area contributed by atoms with E-state index in [0.717, 1.165) is 0 Å². The summed E-state index contributed by atoms with van der Waals surface area (Å²) < 4.78 is 10.1. The van der Waals surface area contributed by atoms with E-state index < -0.39 is 24.0 Å². The average Bonchev–Trinajstić information content (AvgIpc) is 3.37. The maximum atomic E-state index is 13.3. The molecule has 1 aromatic carbocycles. The second kappa shape index (κ2) is 11.6. The Kier molecular flexibility index (Phi) is 8.61. The smallest absolute Gasteiger partial charge is 0.305 e. The summed E-state index contributed by atoms with van der Waals surface area (Å²) in [7, 11) is 2.89. The topological polar surface area (TPSA) is 125 Å². The van der Waals surface area contributed by atoms with Crippen molar-refractivity contribution >= 4 is 35.0 Å². The molecular weight excluding hydrogens is 462 g/mol. The Balaban J connectivity index is 1.82. The molecule has 0 spiro atoms. The van der Waals surface area contributed by atoms with Crippen molar-refractivity contribution in [2.45, 2.75) is 18.5 Å². The number of carbonyl (C=O) groups excluding carboxylic acids is 3. The van der Waals surface area contributed by atoms with Crippen LogP contribution in [0.3, 0.4) is 0 Å². The molecule has 2 N–H and O–H groups in total. The number of benzene rings is 1. The normalized spacial score (nSPS) is 16.6. The molecule has 2 atom stereocenters. The first kappa shape index (κ1) is 25.2. The number of nitrogens with one attached hydrogen (secondary N) is 1. The molecule has 10 nitrogen and oxygen atoms in total. The quantitative estimate of drug-likeness (QED) is 0.545. The minimum Gasteiger partial charge on any atom is -0.497 e. The zero-order valence-corrected chi connectivity index (χ0v) is 19.7. The molecule has 182 valence electrons. The van der Waals surface area contributed by atoms with Gasteiger partial charge in [-0.1, -0.05) is 12.1 Å². The van der Waals surface area contributed by atoms with E-state index in [9.17, 15) is 24.3 Å². The van der Waals surface area contributed by atoms with E-state index in [0.29, 0.717) is 16.2 Å². The highest BCUT2D eigenvalue weighted by atomic mass is 32.1. The highest BCUT2D eigenvalue weighted by molar-refractivity contribution is 7.10. The minimum absolute atomic E-state index is 0.0401. The molecule has 1 saturated heterocycles. The van der Waals surface area contributed by atoms with Gasteiger partial charge in [0.1, 0.15) is 18.4 Å². The van der Waals surface area contributed by atoms with Crippen LogP contribution in [0.25, 0.3) is 0 Å². The van der Waals surface area contributed by atoms with E-state index in [-0.39, 0.29) is 44.5 Å². The third kappa shape index (κ3) is 6.12. The Morgan fingerprint density at radius 3 is 2.62 bits per heavy atom. The number of nitrogens with zero attached hydrogens (tertiary/aromatic N) is 2. The molecule has 2 unspecified atom stereocenters. The summed E-state index contributed by atoms with van der Waals surface area (Å²) in [6, 6.07) is 8.45. The van der Waals surface area contributed by atoms with Gasteiger partial charge in [0.25, 0.3) is 5.91 Å². The van der Waals surface area contributed by atoms with Crippen LogP contribution < -0.4 is 10.1 Å². The van der Waals surface area contributed by atoms with Crippen molar-refractivity contribution in [2.75, 3.05) is 40.5 Å². The lowest BCUT2D eigenvalue weighted by atomic mass is 10.1. The predicted molar refractivity (Wildman–Crippen MR) is 124 cm³/mol. The van der Waals surface area contributed by atoms with Crippen LogP contribution in [-0.2, 0) is 19.1 Å². The first-order valence-corrected chi connectivity index (χ1v) is 11.5. The molecule has 1 aliphatic rings. The van der Waals surface area contributed by atoms with E-state index in [1.54, 1.807) is 41.8 Å². The number of carboxylic acid groups (broad SMARTS) is 1. The number of aliphatic carboxylic acids is 1. The number of methoxy groups -OCH3 is 2. The van der Waals surface area contributed by atoms with Gasteiger partial charge in [-0.3, -0.25) is 19.2 Å². The van der Waals surface area contributed by atoms with Crippen LogP contribution in [0.4, 0.5) is 0 Å². The molecule has 0 bridgehead atoms. The van der Waals surface area contributed by atoms with Crippen LogP contribution in [-0.4, -0.2) is 85.1 Å². The van der Waals surface area contributed by atoms with Crippen LogP contribution in [0.1, 0.15) is 27.7 Å². The van der Waals surface area contributed by atoms with E-state index in [2.05, 4.69) is 5.32 Å². The van der Waals surface area contributed by atoms with Gasteiger partial charge in [0.2, 0.25) is 11.8 Å². The average molecular weight is 490 g/mol. The number of carbonyl (C=O) groups is 4. The maximum absolute atomic E-state index is 13.3. The van der Waals surface area contributed by atoms with E-state index >= 15 is 0 Å². The van der Waals surface area contributed by atoms with Gasteiger partial charge < -0.3 is 29.7 Å². The fourth-order valence-electron chi connectivity index (χ4n) is 3.79. The number of thiophene rings is 1. The molecule has 0 aliphatic carbocycles. The number of piperazine rings is 1. The van der Waals surface area contributed by atoms with Crippen LogP contribution in [0, 0.1) is 0 Å². The highest BCUT2D eigenvalue weighted by Crippen LogP contribution is 2.24. The standard InChI is InChI=1S/C23H27N3O7S/c1-32-14-20(27)26-9-8-25(23(31)15-5-3-6-16(11-15)33-2)13-18(26)22(30)24-17(12-21(28)29)19-7-4-10-34-19/h3-7,10-11,17-18H,8-9,12-14H2,1-2H3,(H,24,30)(H,28,29). The third-order valence-electron chi connectivity index (χ3n) is 5.46. The van der Waals surface area contributed by atoms with Crippen LogP contribution in [0.5, 0.6) is 5.75 Å². The first-order valence-electron chi connectivity index (χ1n) is 10.6. The highest BCUT2D eigenvalue weighted by Gasteiger charge is 2.38. The van der Waals surface area contributed by atoms with Crippen LogP contribution in [0.2, 0.25) is 0 Å². The summed E-state index contributed by atoms with van der Waals surface area (Å²) in [5.41, 5.74) is 0.400. The van der Waals surface area contributed by atoms with E-state index in [1.165, 1.54) is 35.4 Å². The molecule has 2 aromatic rings. The predicted octanol–water partition coefficient (Wildman–Crippen LogP) is 1.39. The van der Waals surface area contributed by atoms with Crippen molar-refractivity contribution in [3.05, 3.63) is 52.2 Å². The first-order chi connectivity index (χ1) is 16.3. The summed E-state index contributed by atoms with van der Waals surface area (Å²) in [5.74, 6) is -1.75. The summed E-state index contributed by atoms with van der Waals surface area (Å²) in [6.45, 7) is 0.121. The largest absolute Gasteiger partial charge is 0.497 e. The Morgan fingerprint density at radius 1 is 1.18 bits per heavy atom. The number of hydrogen-bond acceptors (Lipinski definition) is 7. The lowest BCUT2D eigenvalue weighted by Crippen LogP contribution is -2.62. The monoisotopic (exact) mass is 489 g/mol. The van der Waals surface area contributed by atoms with Crippen molar-refractivity contribution in [3.8, 4) is 5.75 Å². The zero-order chi connectivity index (χ0) is 24.7. The fraction of sp³-hybridized carbons (Fsp3) is 0.391. The Labute approximate surface area is 201 Å². The second-order valence-electron chi connectivity index (χ2n) is 7.69. The van der Waals surface area contributed by atoms with Crippen molar-refractivity contribution in [2.24, 2.45) is 0 Å².